The SMILES string of the molecule is CCN(CCN(CC[N+](CC)(CC(=O)N(C)CC(O)CO)OC(=O)O)CC(=O)O)OC(=O)O. The number of aliphatic hydroxyl groups is 2. The predicted octanol–water partition coefficient (Wildman–Crippen LogP) is -1.44. The molecule has 0 saturated carbocycles. The minimum Gasteiger partial charge on any atom is -0.480 e. The molecule has 0 spiro atoms. The van der Waals surface area contributed by atoms with Crippen molar-refractivity contribution in [3.05, 3.63) is 0 Å². The Hall–Kier alpha value is -2.72. The van der Waals surface area contributed by atoms with E-state index in [0.717, 1.165) is 9.96 Å². The first-order chi connectivity index (χ1) is 15.4. The number of nitrogens with zero attached hydrogens (tertiary/aromatic N) is 4. The molecule has 15 heteroatoms. The van der Waals surface area contributed by atoms with Crippen molar-refractivity contribution in [1.82, 2.24) is 14.9 Å². The van der Waals surface area contributed by atoms with Gasteiger partial charge in [0.1, 0.15) is 13.1 Å². The number of amides is 1. The van der Waals surface area contributed by atoms with E-state index in [4.69, 9.17) is 15.1 Å². The lowest BCUT2D eigenvalue weighted by molar-refractivity contribution is -1.08. The third-order valence-corrected chi connectivity index (χ3v) is 4.80. The molecule has 2 atom stereocenters. The van der Waals surface area contributed by atoms with Gasteiger partial charge in [0.2, 0.25) is 0 Å². The third kappa shape index (κ3) is 12.8. The molecule has 0 radical (unpaired) electrons. The molecule has 0 aromatic rings. The zero-order valence-corrected chi connectivity index (χ0v) is 19.1. The molecule has 0 aliphatic rings. The number of aliphatic hydroxyl groups excluding tert-OH is 2. The van der Waals surface area contributed by atoms with Gasteiger partial charge in [-0.1, -0.05) is 0 Å². The van der Waals surface area contributed by atoms with Crippen molar-refractivity contribution in [2.24, 2.45) is 0 Å². The number of hydrogen-bond acceptors (Lipinski definition) is 10. The van der Waals surface area contributed by atoms with Crippen LogP contribution in [0.4, 0.5) is 9.59 Å². The Morgan fingerprint density at radius 2 is 1.64 bits per heavy atom. The summed E-state index contributed by atoms with van der Waals surface area (Å²) in [6.07, 6.45) is -4.30. The monoisotopic (exact) mass is 483 g/mol. The van der Waals surface area contributed by atoms with Crippen LogP contribution in [0.1, 0.15) is 13.8 Å². The summed E-state index contributed by atoms with van der Waals surface area (Å²) < 4.78 is -0.660. The highest BCUT2D eigenvalue weighted by Gasteiger charge is 2.37. The molecule has 0 aliphatic carbocycles. The number of carboxylic acids is 1. The van der Waals surface area contributed by atoms with Gasteiger partial charge >= 0.3 is 18.3 Å². The van der Waals surface area contributed by atoms with Crippen LogP contribution in [-0.4, -0.2) is 148 Å². The maximum atomic E-state index is 12.6. The number of aliphatic carboxylic acids is 1. The molecule has 192 valence electrons. The number of carbonyl (C=O) groups is 4. The van der Waals surface area contributed by atoms with Crippen LogP contribution in [-0.2, 0) is 19.3 Å². The summed E-state index contributed by atoms with van der Waals surface area (Å²) in [6.45, 7) is 2.04. The second-order valence-corrected chi connectivity index (χ2v) is 7.27. The number of rotatable bonds is 17. The summed E-state index contributed by atoms with van der Waals surface area (Å²) in [5.74, 6) is -1.71. The van der Waals surface area contributed by atoms with E-state index in [0.29, 0.717) is 0 Å². The van der Waals surface area contributed by atoms with E-state index in [9.17, 15) is 34.5 Å². The van der Waals surface area contributed by atoms with Crippen LogP contribution >= 0.6 is 0 Å². The van der Waals surface area contributed by atoms with Crippen molar-refractivity contribution in [3.8, 4) is 0 Å². The lowest BCUT2D eigenvalue weighted by Crippen LogP contribution is -2.58. The molecule has 0 aromatic heterocycles. The van der Waals surface area contributed by atoms with Gasteiger partial charge in [-0.25, -0.2) is 9.63 Å². The number of carbonyl (C=O) groups excluding carboxylic acids is 1. The predicted molar refractivity (Wildman–Crippen MR) is 111 cm³/mol. The van der Waals surface area contributed by atoms with Crippen molar-refractivity contribution in [2.75, 3.05) is 72.6 Å². The molecule has 15 nitrogen and oxygen atoms in total. The first kappa shape index (κ1) is 30.3. The minimum absolute atomic E-state index is 0.00824. The molecule has 0 bridgehead atoms. The van der Waals surface area contributed by atoms with Crippen LogP contribution in [0.25, 0.3) is 0 Å². The number of hydroxylamine groups is 5. The van der Waals surface area contributed by atoms with Crippen LogP contribution in [0.3, 0.4) is 0 Å². The first-order valence-corrected chi connectivity index (χ1v) is 10.3. The van der Waals surface area contributed by atoms with Crippen molar-refractivity contribution in [3.63, 3.8) is 0 Å². The quantitative estimate of drug-likeness (QED) is 0.119. The Kier molecular flexibility index (Phi) is 13.9. The maximum Gasteiger partial charge on any atom is 0.557 e. The highest BCUT2D eigenvalue weighted by Crippen LogP contribution is 2.11. The van der Waals surface area contributed by atoms with Gasteiger partial charge in [-0.3, -0.25) is 14.5 Å². The molecule has 0 rings (SSSR count). The largest absolute Gasteiger partial charge is 0.557 e. The van der Waals surface area contributed by atoms with E-state index in [2.05, 4.69) is 4.84 Å². The summed E-state index contributed by atoms with van der Waals surface area (Å²) in [5, 5.41) is 46.7. The van der Waals surface area contributed by atoms with Crippen LogP contribution < -0.4 is 0 Å². The number of quaternary nitrogens is 1. The molecule has 2 unspecified atom stereocenters. The molecular weight excluding hydrogens is 448 g/mol. The van der Waals surface area contributed by atoms with Crippen molar-refractivity contribution in [2.45, 2.75) is 20.0 Å². The van der Waals surface area contributed by atoms with Gasteiger partial charge in [-0.15, -0.1) is 9.71 Å². The van der Waals surface area contributed by atoms with E-state index < -0.39 is 54.6 Å². The summed E-state index contributed by atoms with van der Waals surface area (Å²) in [4.78, 5) is 58.0. The molecule has 0 heterocycles. The standard InChI is InChI=1S/C18H34N4O11/c1-4-21(32-17(28)29)7-6-20(11-16(26)27)8-9-22(5-2,33-18(30)31)12-15(25)19(3)10-14(24)13-23/h14,23-24H,4-13H2,1-3H3,(H2-,26,27,28,29,30,31)/p+1. The molecule has 0 aliphatic heterocycles. The van der Waals surface area contributed by atoms with Gasteiger partial charge in [0.05, 0.1) is 25.8 Å². The van der Waals surface area contributed by atoms with Gasteiger partial charge < -0.3 is 35.3 Å². The molecular formula is C18H35N4O11+. The zero-order valence-electron chi connectivity index (χ0n) is 19.1. The molecule has 0 aromatic carbocycles. The van der Waals surface area contributed by atoms with Crippen molar-refractivity contribution in [1.29, 1.82) is 0 Å². The molecule has 0 fully saturated rings. The summed E-state index contributed by atoms with van der Waals surface area (Å²) >= 11 is 0. The highest BCUT2D eigenvalue weighted by molar-refractivity contribution is 5.77. The first-order valence-electron chi connectivity index (χ1n) is 10.3. The van der Waals surface area contributed by atoms with Gasteiger partial charge in [0.15, 0.2) is 6.54 Å². The number of hydrogen-bond donors (Lipinski definition) is 5. The van der Waals surface area contributed by atoms with Gasteiger partial charge in [-0.2, -0.15) is 4.79 Å². The van der Waals surface area contributed by atoms with E-state index in [1.54, 1.807) is 13.8 Å². The fourth-order valence-electron chi connectivity index (χ4n) is 2.92. The second kappa shape index (κ2) is 15.2. The fraction of sp³-hybridized carbons (Fsp3) is 0.778. The Balaban J connectivity index is 5.38. The maximum absolute atomic E-state index is 12.6. The summed E-state index contributed by atoms with van der Waals surface area (Å²) in [7, 11) is 1.38. The topological polar surface area (TPSA) is 198 Å². The van der Waals surface area contributed by atoms with Crippen LogP contribution in [0, 0.1) is 0 Å². The van der Waals surface area contributed by atoms with E-state index in [-0.39, 0.29) is 45.8 Å². The highest BCUT2D eigenvalue weighted by atomic mass is 16.8. The lowest BCUT2D eigenvalue weighted by atomic mass is 10.3. The average Bonchev–Trinajstić information content (AvgIpc) is 2.72. The van der Waals surface area contributed by atoms with Gasteiger partial charge in [-0.05, 0) is 13.8 Å². The second-order valence-electron chi connectivity index (χ2n) is 7.27. The van der Waals surface area contributed by atoms with Gasteiger partial charge in [0, 0.05) is 33.2 Å². The lowest BCUT2D eigenvalue weighted by Gasteiger charge is -2.35. The Bertz CT molecular complexity index is 651. The Morgan fingerprint density at radius 1 is 1.00 bits per heavy atom. The smallest absolute Gasteiger partial charge is 0.480 e. The number of carboxylic acid groups (broad SMARTS) is 3. The number of likely N-dealkylation sites (N-methyl/N-ethyl adjacent to an activating group) is 3. The van der Waals surface area contributed by atoms with Crippen LogP contribution in [0.2, 0.25) is 0 Å². The van der Waals surface area contributed by atoms with E-state index in [1.807, 2.05) is 0 Å². The third-order valence-electron chi connectivity index (χ3n) is 4.80. The van der Waals surface area contributed by atoms with E-state index in [1.165, 1.54) is 11.9 Å². The average molecular weight is 483 g/mol. The molecule has 5 N–H and O–H groups in total. The zero-order chi connectivity index (χ0) is 25.6. The van der Waals surface area contributed by atoms with Gasteiger partial charge in [0.25, 0.3) is 5.91 Å². The molecule has 1 amide bonds. The minimum atomic E-state index is -1.63. The summed E-state index contributed by atoms with van der Waals surface area (Å²) in [6, 6.07) is 0. The molecule has 0 saturated heterocycles. The van der Waals surface area contributed by atoms with Crippen LogP contribution in [0.15, 0.2) is 0 Å². The van der Waals surface area contributed by atoms with Crippen molar-refractivity contribution >= 4 is 24.2 Å². The fourth-order valence-corrected chi connectivity index (χ4v) is 2.92. The Labute approximate surface area is 191 Å². The van der Waals surface area contributed by atoms with Crippen molar-refractivity contribution < 1.29 is 59.0 Å². The van der Waals surface area contributed by atoms with E-state index >= 15 is 0 Å². The Morgan fingerprint density at radius 3 is 2.09 bits per heavy atom. The summed E-state index contributed by atoms with van der Waals surface area (Å²) in [5.41, 5.74) is 0. The van der Waals surface area contributed by atoms with Crippen LogP contribution in [0.5, 0.6) is 0 Å². The molecule has 33 heavy (non-hydrogen) atoms. The normalized spacial score (nSPS) is 13.9.